The van der Waals surface area contributed by atoms with Crippen molar-refractivity contribution >= 4 is 16.7 Å². The Morgan fingerprint density at radius 2 is 1.89 bits per heavy atom. The van der Waals surface area contributed by atoms with Crippen LogP contribution in [0.3, 0.4) is 0 Å². The number of fused-ring (bicyclic) bond motifs is 2. The van der Waals surface area contributed by atoms with Gasteiger partial charge in [-0.15, -0.1) is 0 Å². The average molecular weight is 396 g/mol. The first-order valence-electron chi connectivity index (χ1n) is 8.96. The highest BCUT2D eigenvalue weighted by atomic mass is 19.4. The Kier molecular flexibility index (Phi) is 5.11. The lowest BCUT2D eigenvalue weighted by Crippen LogP contribution is -2.35. The predicted molar refractivity (Wildman–Crippen MR) is 92.9 cm³/mol. The van der Waals surface area contributed by atoms with Gasteiger partial charge >= 0.3 is 6.18 Å². The Hall–Kier alpha value is -2.39. The highest BCUT2D eigenvalue weighted by Crippen LogP contribution is 2.28. The lowest BCUT2D eigenvalue weighted by molar-refractivity contribution is -0.161. The van der Waals surface area contributed by atoms with Crippen LogP contribution in [0.25, 0.3) is 10.8 Å². The number of hydrogen-bond acceptors (Lipinski definition) is 5. The monoisotopic (exact) mass is 396 g/mol. The Labute approximate surface area is 159 Å². The van der Waals surface area contributed by atoms with Gasteiger partial charge < -0.3 is 19.1 Å². The standard InChI is InChI=1S/C19H19F3N2O4/c20-19(21,22)6-18(25)24-8-16-17(9-24)27-11-13(10-26-16)28-15-3-1-2-12-7-23-5-4-14(12)15/h1-5,7,13,16-17H,6,8-11H2/t16-,17-/m0/s1. The van der Waals surface area contributed by atoms with Crippen LogP contribution in [0.1, 0.15) is 6.42 Å². The second-order valence-corrected chi connectivity index (χ2v) is 6.93. The number of hydrogen-bond donors (Lipinski definition) is 0. The van der Waals surface area contributed by atoms with Gasteiger partial charge in [-0.3, -0.25) is 9.78 Å². The van der Waals surface area contributed by atoms with Crippen LogP contribution < -0.4 is 4.74 Å². The van der Waals surface area contributed by atoms with Gasteiger partial charge in [0.1, 0.15) is 30.5 Å². The topological polar surface area (TPSA) is 60.9 Å². The summed E-state index contributed by atoms with van der Waals surface area (Å²) in [6, 6.07) is 7.52. The molecule has 6 nitrogen and oxygen atoms in total. The van der Waals surface area contributed by atoms with Crippen LogP contribution in [-0.4, -0.2) is 66.6 Å². The molecule has 2 atom stereocenters. The number of ether oxygens (including phenoxy) is 3. The lowest BCUT2D eigenvalue weighted by Gasteiger charge is -2.20. The first kappa shape index (κ1) is 18.9. The molecule has 1 aromatic heterocycles. The highest BCUT2D eigenvalue weighted by Gasteiger charge is 2.42. The Morgan fingerprint density at radius 3 is 2.57 bits per heavy atom. The summed E-state index contributed by atoms with van der Waals surface area (Å²) in [5.41, 5.74) is 0. The van der Waals surface area contributed by atoms with Crippen LogP contribution in [0.15, 0.2) is 36.7 Å². The van der Waals surface area contributed by atoms with E-state index in [4.69, 9.17) is 14.2 Å². The molecule has 1 aromatic carbocycles. The Bertz CT molecular complexity index is 839. The molecule has 1 amide bonds. The van der Waals surface area contributed by atoms with Crippen molar-refractivity contribution in [1.29, 1.82) is 0 Å². The molecule has 0 spiro atoms. The number of benzene rings is 1. The van der Waals surface area contributed by atoms with E-state index >= 15 is 0 Å². The van der Waals surface area contributed by atoms with Crippen molar-refractivity contribution < 1.29 is 32.2 Å². The zero-order chi connectivity index (χ0) is 19.7. The average Bonchev–Trinajstić information content (AvgIpc) is 2.97. The zero-order valence-corrected chi connectivity index (χ0v) is 14.9. The molecule has 2 aliphatic heterocycles. The van der Waals surface area contributed by atoms with E-state index < -0.39 is 30.7 Å². The molecule has 0 aliphatic carbocycles. The SMILES string of the molecule is O=C(CC(F)(F)F)N1C[C@@H]2OCC(Oc3cccc4cnccc34)CO[C@H]2C1. The van der Waals surface area contributed by atoms with E-state index in [9.17, 15) is 18.0 Å². The lowest BCUT2D eigenvalue weighted by atomic mass is 10.1. The summed E-state index contributed by atoms with van der Waals surface area (Å²) in [5.74, 6) is -0.268. The van der Waals surface area contributed by atoms with Crippen molar-refractivity contribution in [3.05, 3.63) is 36.7 Å². The second kappa shape index (κ2) is 7.56. The summed E-state index contributed by atoms with van der Waals surface area (Å²) in [6.07, 6.45) is -3.82. The number of pyridine rings is 1. The number of likely N-dealkylation sites (tertiary alicyclic amines) is 1. The Morgan fingerprint density at radius 1 is 1.18 bits per heavy atom. The molecule has 3 heterocycles. The maximum absolute atomic E-state index is 12.4. The van der Waals surface area contributed by atoms with Gasteiger partial charge in [0, 0.05) is 36.3 Å². The fourth-order valence-electron chi connectivity index (χ4n) is 3.50. The molecule has 4 rings (SSSR count). The third kappa shape index (κ3) is 4.20. The van der Waals surface area contributed by atoms with Gasteiger partial charge in [-0.25, -0.2) is 0 Å². The number of halogens is 3. The molecule has 150 valence electrons. The third-order valence-corrected chi connectivity index (χ3v) is 4.85. The van der Waals surface area contributed by atoms with Crippen LogP contribution in [0.2, 0.25) is 0 Å². The van der Waals surface area contributed by atoms with Crippen LogP contribution in [0.4, 0.5) is 13.2 Å². The summed E-state index contributed by atoms with van der Waals surface area (Å²) in [6.45, 7) is 0.631. The highest BCUT2D eigenvalue weighted by molar-refractivity contribution is 5.87. The summed E-state index contributed by atoms with van der Waals surface area (Å²) >= 11 is 0. The fraction of sp³-hybridized carbons (Fsp3) is 0.474. The van der Waals surface area contributed by atoms with E-state index in [2.05, 4.69) is 4.98 Å². The third-order valence-electron chi connectivity index (χ3n) is 4.85. The number of nitrogens with zero attached hydrogens (tertiary/aromatic N) is 2. The second-order valence-electron chi connectivity index (χ2n) is 6.93. The molecule has 0 unspecified atom stereocenters. The quantitative estimate of drug-likeness (QED) is 0.798. The first-order valence-corrected chi connectivity index (χ1v) is 8.96. The van der Waals surface area contributed by atoms with Gasteiger partial charge in [-0.2, -0.15) is 13.2 Å². The minimum Gasteiger partial charge on any atom is -0.485 e. The molecule has 0 saturated carbocycles. The molecular weight excluding hydrogens is 377 g/mol. The van der Waals surface area contributed by atoms with Gasteiger partial charge in [-0.05, 0) is 12.1 Å². The molecule has 2 aromatic rings. The molecule has 0 N–H and O–H groups in total. The molecule has 2 saturated heterocycles. The van der Waals surface area contributed by atoms with E-state index in [1.807, 2.05) is 24.3 Å². The van der Waals surface area contributed by atoms with Crippen molar-refractivity contribution in [3.63, 3.8) is 0 Å². The summed E-state index contributed by atoms with van der Waals surface area (Å²) < 4.78 is 54.9. The number of amides is 1. The van der Waals surface area contributed by atoms with Gasteiger partial charge in [0.25, 0.3) is 0 Å². The van der Waals surface area contributed by atoms with E-state index in [-0.39, 0.29) is 32.4 Å². The van der Waals surface area contributed by atoms with E-state index in [1.54, 1.807) is 12.4 Å². The largest absolute Gasteiger partial charge is 0.485 e. The minimum atomic E-state index is -4.52. The van der Waals surface area contributed by atoms with Crippen molar-refractivity contribution in [2.24, 2.45) is 0 Å². The normalized spacial score (nSPS) is 23.5. The maximum Gasteiger partial charge on any atom is 0.397 e. The maximum atomic E-state index is 12.4. The number of alkyl halides is 3. The molecule has 2 aliphatic rings. The number of rotatable bonds is 3. The van der Waals surface area contributed by atoms with E-state index in [1.165, 1.54) is 0 Å². The van der Waals surface area contributed by atoms with Gasteiger partial charge in [0.2, 0.25) is 5.91 Å². The van der Waals surface area contributed by atoms with Crippen LogP contribution in [0.5, 0.6) is 5.75 Å². The smallest absolute Gasteiger partial charge is 0.397 e. The molecule has 9 heteroatoms. The first-order chi connectivity index (χ1) is 13.4. The number of aromatic nitrogens is 1. The van der Waals surface area contributed by atoms with Crippen molar-refractivity contribution in [3.8, 4) is 5.75 Å². The molecular formula is C19H19F3N2O4. The molecule has 0 bridgehead atoms. The van der Waals surface area contributed by atoms with Crippen molar-refractivity contribution in [1.82, 2.24) is 9.88 Å². The van der Waals surface area contributed by atoms with E-state index in [0.29, 0.717) is 5.75 Å². The van der Waals surface area contributed by atoms with Gasteiger partial charge in [0.15, 0.2) is 0 Å². The summed E-state index contributed by atoms with van der Waals surface area (Å²) in [7, 11) is 0. The van der Waals surface area contributed by atoms with Crippen LogP contribution in [0, 0.1) is 0 Å². The minimum absolute atomic E-state index is 0.0895. The van der Waals surface area contributed by atoms with Crippen LogP contribution in [-0.2, 0) is 14.3 Å². The fourth-order valence-corrected chi connectivity index (χ4v) is 3.50. The van der Waals surface area contributed by atoms with Gasteiger partial charge in [0.05, 0.1) is 13.2 Å². The van der Waals surface area contributed by atoms with Gasteiger partial charge in [-0.1, -0.05) is 12.1 Å². The van der Waals surface area contributed by atoms with Crippen molar-refractivity contribution in [2.75, 3.05) is 26.3 Å². The summed E-state index contributed by atoms with van der Waals surface area (Å²) in [5, 5.41) is 1.87. The predicted octanol–water partition coefficient (Wildman–Crippen LogP) is 2.56. The molecule has 2 fully saturated rings. The number of carbonyl (C=O) groups excluding carboxylic acids is 1. The summed E-state index contributed by atoms with van der Waals surface area (Å²) in [4.78, 5) is 17.0. The molecule has 0 radical (unpaired) electrons. The number of carbonyl (C=O) groups is 1. The van der Waals surface area contributed by atoms with Crippen molar-refractivity contribution in [2.45, 2.75) is 30.9 Å². The van der Waals surface area contributed by atoms with E-state index in [0.717, 1.165) is 15.7 Å². The molecule has 28 heavy (non-hydrogen) atoms. The zero-order valence-electron chi connectivity index (χ0n) is 14.9. The van der Waals surface area contributed by atoms with Crippen LogP contribution >= 0.6 is 0 Å². The Balaban J connectivity index is 1.37.